The Morgan fingerprint density at radius 3 is 2.75 bits per heavy atom. The van der Waals surface area contributed by atoms with Gasteiger partial charge in [0.15, 0.2) is 11.5 Å². The Bertz CT molecular complexity index is 1160. The van der Waals surface area contributed by atoms with Crippen LogP contribution in [0.5, 0.6) is 11.5 Å². The summed E-state index contributed by atoms with van der Waals surface area (Å²) in [6.07, 6.45) is 3.20. The Morgan fingerprint density at radius 2 is 1.88 bits per heavy atom. The molecule has 32 heavy (non-hydrogen) atoms. The van der Waals surface area contributed by atoms with Gasteiger partial charge in [-0.05, 0) is 67.0 Å². The number of amides is 1. The molecular weight excluding hydrogens is 430 g/mol. The van der Waals surface area contributed by atoms with Crippen LogP contribution < -0.4 is 14.8 Å². The third kappa shape index (κ3) is 3.41. The van der Waals surface area contributed by atoms with Gasteiger partial charge in [0.2, 0.25) is 24.4 Å². The Labute approximate surface area is 190 Å². The van der Waals surface area contributed by atoms with Gasteiger partial charge >= 0.3 is 0 Å². The Kier molecular flexibility index (Phi) is 4.79. The number of nitrogens with zero attached hydrogens (tertiary/aromatic N) is 2. The molecule has 0 radical (unpaired) electrons. The minimum absolute atomic E-state index is 0.0470. The Balaban J connectivity index is 1.22. The van der Waals surface area contributed by atoms with Gasteiger partial charge in [-0.25, -0.2) is 0 Å². The molecular formula is C24H22ClN3O4. The van der Waals surface area contributed by atoms with Gasteiger partial charge in [-0.2, -0.15) is 4.98 Å². The van der Waals surface area contributed by atoms with Crippen molar-refractivity contribution in [3.63, 3.8) is 0 Å². The first kappa shape index (κ1) is 19.6. The van der Waals surface area contributed by atoms with Crippen LogP contribution >= 0.6 is 11.6 Å². The number of carbonyl (C=O) groups is 1. The highest BCUT2D eigenvalue weighted by atomic mass is 35.5. The number of carbonyl (C=O) groups excluding carboxylic acids is 1. The number of rotatable bonds is 5. The normalized spacial score (nSPS) is 25.3. The highest BCUT2D eigenvalue weighted by molar-refractivity contribution is 6.30. The van der Waals surface area contributed by atoms with Crippen LogP contribution in [0.15, 0.2) is 47.0 Å². The van der Waals surface area contributed by atoms with Crippen LogP contribution in [-0.4, -0.2) is 22.8 Å². The van der Waals surface area contributed by atoms with Crippen LogP contribution in [0.4, 0.5) is 0 Å². The van der Waals surface area contributed by atoms with Crippen molar-refractivity contribution in [2.75, 3.05) is 6.79 Å². The van der Waals surface area contributed by atoms with Crippen molar-refractivity contribution < 1.29 is 18.8 Å². The largest absolute Gasteiger partial charge is 0.454 e. The van der Waals surface area contributed by atoms with Crippen molar-refractivity contribution in [2.45, 2.75) is 31.7 Å². The molecule has 3 aromatic rings. The first-order chi connectivity index (χ1) is 15.7. The SMILES string of the molecule is O=C(NCc1ccc(Cl)cc1)[C@H]1[C@H]2CC[C@H](C2)[C@@H]1c1nc(-c2ccc3c(c2)OCO3)no1. The Hall–Kier alpha value is -3.06. The zero-order valence-electron chi connectivity index (χ0n) is 17.3. The monoisotopic (exact) mass is 451 g/mol. The minimum atomic E-state index is -0.147. The van der Waals surface area contributed by atoms with E-state index >= 15 is 0 Å². The van der Waals surface area contributed by atoms with Gasteiger partial charge in [0.1, 0.15) is 0 Å². The zero-order chi connectivity index (χ0) is 21.7. The number of hydrogen-bond acceptors (Lipinski definition) is 6. The van der Waals surface area contributed by atoms with E-state index in [4.69, 9.17) is 30.6 Å². The van der Waals surface area contributed by atoms with Crippen LogP contribution in [0.25, 0.3) is 11.4 Å². The quantitative estimate of drug-likeness (QED) is 0.611. The summed E-state index contributed by atoms with van der Waals surface area (Å²) in [5.41, 5.74) is 1.82. The second-order valence-electron chi connectivity index (χ2n) is 8.75. The zero-order valence-corrected chi connectivity index (χ0v) is 18.0. The molecule has 1 amide bonds. The van der Waals surface area contributed by atoms with Crippen molar-refractivity contribution in [3.05, 3.63) is 58.9 Å². The molecule has 0 spiro atoms. The minimum Gasteiger partial charge on any atom is -0.454 e. The molecule has 2 aliphatic carbocycles. The molecule has 6 rings (SSSR count). The summed E-state index contributed by atoms with van der Waals surface area (Å²) < 4.78 is 16.5. The molecule has 2 aromatic carbocycles. The number of hydrogen-bond donors (Lipinski definition) is 1. The molecule has 1 aromatic heterocycles. The van der Waals surface area contributed by atoms with Crippen LogP contribution in [0, 0.1) is 17.8 Å². The maximum absolute atomic E-state index is 13.2. The van der Waals surface area contributed by atoms with Crippen LogP contribution in [-0.2, 0) is 11.3 Å². The fourth-order valence-electron chi connectivity index (χ4n) is 5.46. The number of benzene rings is 2. The summed E-state index contributed by atoms with van der Waals surface area (Å²) in [6.45, 7) is 0.692. The fraction of sp³-hybridized carbons (Fsp3) is 0.375. The van der Waals surface area contributed by atoms with Crippen molar-refractivity contribution >= 4 is 17.5 Å². The van der Waals surface area contributed by atoms with Gasteiger partial charge in [0.25, 0.3) is 0 Å². The van der Waals surface area contributed by atoms with E-state index in [1.165, 1.54) is 0 Å². The molecule has 2 heterocycles. The Morgan fingerprint density at radius 1 is 1.06 bits per heavy atom. The average Bonchev–Trinajstić information content (AvgIpc) is 3.61. The van der Waals surface area contributed by atoms with Gasteiger partial charge in [-0.15, -0.1) is 0 Å². The summed E-state index contributed by atoms with van der Waals surface area (Å²) in [5, 5.41) is 8.00. The van der Waals surface area contributed by atoms with E-state index in [0.29, 0.717) is 46.6 Å². The molecule has 3 aliphatic rings. The molecule has 164 valence electrons. The van der Waals surface area contributed by atoms with Gasteiger partial charge in [0, 0.05) is 17.1 Å². The molecule has 1 aliphatic heterocycles. The number of ether oxygens (including phenoxy) is 2. The lowest BCUT2D eigenvalue weighted by Crippen LogP contribution is -2.37. The van der Waals surface area contributed by atoms with Crippen molar-refractivity contribution in [1.29, 1.82) is 0 Å². The van der Waals surface area contributed by atoms with E-state index in [1.54, 1.807) is 0 Å². The third-order valence-corrected chi connectivity index (χ3v) is 7.21. The standard InChI is InChI=1S/C24H22ClN3O4/c25-17-6-1-13(2-7-17)11-26-23(29)20-14-3-4-15(9-14)21(20)24-27-22(28-32-24)16-5-8-18-19(10-16)31-12-30-18/h1-2,5-8,10,14-15,20-21H,3-4,9,11-12H2,(H,26,29)/t14-,15+,20-,21-/m0/s1. The topological polar surface area (TPSA) is 86.5 Å². The first-order valence-electron chi connectivity index (χ1n) is 10.9. The summed E-state index contributed by atoms with van der Waals surface area (Å²) >= 11 is 5.96. The lowest BCUT2D eigenvalue weighted by atomic mass is 9.78. The summed E-state index contributed by atoms with van der Waals surface area (Å²) in [7, 11) is 0. The average molecular weight is 452 g/mol. The van der Waals surface area contributed by atoms with E-state index in [-0.39, 0.29) is 24.5 Å². The lowest BCUT2D eigenvalue weighted by molar-refractivity contribution is -0.127. The number of aromatic nitrogens is 2. The van der Waals surface area contributed by atoms with E-state index in [9.17, 15) is 4.79 Å². The predicted octanol–water partition coefficient (Wildman–Crippen LogP) is 4.56. The predicted molar refractivity (Wildman–Crippen MR) is 116 cm³/mol. The van der Waals surface area contributed by atoms with Crippen molar-refractivity contribution in [1.82, 2.24) is 15.5 Å². The van der Waals surface area contributed by atoms with Crippen LogP contribution in [0.1, 0.15) is 36.6 Å². The van der Waals surface area contributed by atoms with Gasteiger partial charge in [0.05, 0.1) is 11.8 Å². The maximum Gasteiger partial charge on any atom is 0.231 e. The molecule has 0 unspecified atom stereocenters. The first-order valence-corrected chi connectivity index (χ1v) is 11.3. The molecule has 4 atom stereocenters. The summed E-state index contributed by atoms with van der Waals surface area (Å²) in [4.78, 5) is 17.9. The van der Waals surface area contributed by atoms with Crippen LogP contribution in [0.3, 0.4) is 0 Å². The molecule has 2 fully saturated rings. The van der Waals surface area contributed by atoms with Gasteiger partial charge in [-0.3, -0.25) is 4.79 Å². The molecule has 0 saturated heterocycles. The van der Waals surface area contributed by atoms with Crippen molar-refractivity contribution in [2.24, 2.45) is 17.8 Å². The number of fused-ring (bicyclic) bond motifs is 3. The van der Waals surface area contributed by atoms with Crippen LogP contribution in [0.2, 0.25) is 5.02 Å². The van der Waals surface area contributed by atoms with E-state index in [0.717, 1.165) is 30.4 Å². The lowest BCUT2D eigenvalue weighted by Gasteiger charge is -2.27. The van der Waals surface area contributed by atoms with E-state index in [1.807, 2.05) is 42.5 Å². The third-order valence-electron chi connectivity index (χ3n) is 6.96. The highest BCUT2D eigenvalue weighted by Gasteiger charge is 2.53. The summed E-state index contributed by atoms with van der Waals surface area (Å²) in [6, 6.07) is 13.1. The molecule has 8 heteroatoms. The molecule has 1 N–H and O–H groups in total. The van der Waals surface area contributed by atoms with Gasteiger partial charge in [-0.1, -0.05) is 28.9 Å². The fourth-order valence-corrected chi connectivity index (χ4v) is 5.58. The highest BCUT2D eigenvalue weighted by Crippen LogP contribution is 2.56. The van der Waals surface area contributed by atoms with Crippen molar-refractivity contribution in [3.8, 4) is 22.9 Å². The molecule has 7 nitrogen and oxygen atoms in total. The second kappa shape index (κ2) is 7.81. The smallest absolute Gasteiger partial charge is 0.231 e. The number of nitrogens with one attached hydrogen (secondary N) is 1. The van der Waals surface area contributed by atoms with Gasteiger partial charge < -0.3 is 19.3 Å². The summed E-state index contributed by atoms with van der Waals surface area (Å²) in [5.74, 6) is 3.06. The molecule has 2 bridgehead atoms. The molecule has 2 saturated carbocycles. The maximum atomic E-state index is 13.2. The van der Waals surface area contributed by atoms with E-state index in [2.05, 4.69) is 10.5 Å². The second-order valence-corrected chi connectivity index (χ2v) is 9.19. The number of halogens is 1. The van der Waals surface area contributed by atoms with E-state index < -0.39 is 0 Å².